The number of sulfonamides is 1. The minimum Gasteiger partial charge on any atom is -0.345 e. The maximum absolute atomic E-state index is 13.0. The number of benzene rings is 1. The van der Waals surface area contributed by atoms with E-state index in [0.29, 0.717) is 30.5 Å². The molecule has 168 valence electrons. The van der Waals surface area contributed by atoms with Crippen LogP contribution in [0.5, 0.6) is 0 Å². The highest BCUT2D eigenvalue weighted by atomic mass is 32.2. The van der Waals surface area contributed by atoms with Crippen LogP contribution in [0.2, 0.25) is 0 Å². The number of carbonyl (C=O) groups is 1. The first-order valence-electron chi connectivity index (χ1n) is 10.9. The van der Waals surface area contributed by atoms with Gasteiger partial charge in [-0.3, -0.25) is 9.89 Å². The van der Waals surface area contributed by atoms with E-state index in [1.807, 2.05) is 18.2 Å². The van der Waals surface area contributed by atoms with Crippen molar-refractivity contribution in [1.29, 1.82) is 0 Å². The van der Waals surface area contributed by atoms with Gasteiger partial charge in [-0.15, -0.1) is 0 Å². The lowest BCUT2D eigenvalue weighted by Gasteiger charge is -2.25. The number of rotatable bonds is 6. The Balaban J connectivity index is 1.34. The van der Waals surface area contributed by atoms with Gasteiger partial charge in [0.2, 0.25) is 10.0 Å². The summed E-state index contributed by atoms with van der Waals surface area (Å²) in [4.78, 5) is 17.6. The van der Waals surface area contributed by atoms with Crippen LogP contribution in [0, 0.1) is 0 Å². The van der Waals surface area contributed by atoms with Gasteiger partial charge in [0.05, 0.1) is 0 Å². The van der Waals surface area contributed by atoms with E-state index >= 15 is 0 Å². The predicted octanol–water partition coefficient (Wildman–Crippen LogP) is 3.11. The molecule has 0 radical (unpaired) electrons. The molecule has 2 aromatic heterocycles. The molecule has 1 saturated carbocycles. The summed E-state index contributed by atoms with van der Waals surface area (Å²) in [6.45, 7) is 1.05. The van der Waals surface area contributed by atoms with Gasteiger partial charge in [0, 0.05) is 43.5 Å². The largest absolute Gasteiger partial charge is 0.345 e. The van der Waals surface area contributed by atoms with E-state index in [9.17, 15) is 13.2 Å². The first-order chi connectivity index (χ1) is 15.4. The number of amides is 1. The number of anilines is 1. The van der Waals surface area contributed by atoms with E-state index in [1.54, 1.807) is 17.7 Å². The summed E-state index contributed by atoms with van der Waals surface area (Å²) in [7, 11) is -1.93. The van der Waals surface area contributed by atoms with E-state index in [4.69, 9.17) is 0 Å². The Morgan fingerprint density at radius 2 is 1.94 bits per heavy atom. The Labute approximate surface area is 186 Å². The number of hydrogen-bond donors (Lipinski definition) is 2. The maximum Gasteiger partial charge on any atom is 0.272 e. The molecule has 0 unspecified atom stereocenters. The Kier molecular flexibility index (Phi) is 5.34. The van der Waals surface area contributed by atoms with Crippen LogP contribution in [0.15, 0.2) is 41.4 Å². The zero-order valence-electron chi connectivity index (χ0n) is 17.9. The molecule has 0 atom stereocenters. The second-order valence-electron chi connectivity index (χ2n) is 8.49. The molecule has 0 bridgehead atoms. The SMILES string of the molecule is Cn1cc(S(=O)(=O)N2CCCCC2)cc1C(=O)Nc1cccc(-c2n[nH]c(C3CC3)n2)c1. The summed E-state index contributed by atoms with van der Waals surface area (Å²) in [5.41, 5.74) is 1.66. The van der Waals surface area contributed by atoms with Crippen molar-refractivity contribution in [3.63, 3.8) is 0 Å². The molecule has 1 aliphatic carbocycles. The third kappa shape index (κ3) is 4.07. The van der Waals surface area contributed by atoms with Crippen LogP contribution in [0.1, 0.15) is 54.3 Å². The van der Waals surface area contributed by atoms with Crippen LogP contribution in [0.4, 0.5) is 5.69 Å². The van der Waals surface area contributed by atoms with Crippen LogP contribution in [0.25, 0.3) is 11.4 Å². The second-order valence-corrected chi connectivity index (χ2v) is 10.4. The van der Waals surface area contributed by atoms with Crippen LogP contribution in [-0.4, -0.2) is 51.5 Å². The van der Waals surface area contributed by atoms with Gasteiger partial charge in [0.1, 0.15) is 16.4 Å². The van der Waals surface area contributed by atoms with E-state index < -0.39 is 10.0 Å². The van der Waals surface area contributed by atoms with Gasteiger partial charge in [-0.05, 0) is 43.9 Å². The average molecular weight is 455 g/mol. The zero-order valence-corrected chi connectivity index (χ0v) is 18.7. The number of carbonyl (C=O) groups excluding carboxylic acids is 1. The number of aromatic nitrogens is 4. The van der Waals surface area contributed by atoms with Crippen molar-refractivity contribution in [2.24, 2.45) is 7.05 Å². The van der Waals surface area contributed by atoms with Gasteiger partial charge >= 0.3 is 0 Å². The van der Waals surface area contributed by atoms with Gasteiger partial charge < -0.3 is 9.88 Å². The quantitative estimate of drug-likeness (QED) is 0.594. The number of hydrogen-bond acceptors (Lipinski definition) is 5. The number of aryl methyl sites for hydroxylation is 1. The minimum absolute atomic E-state index is 0.147. The number of piperidine rings is 1. The monoisotopic (exact) mass is 454 g/mol. The summed E-state index contributed by atoms with van der Waals surface area (Å²) in [5.74, 6) is 1.60. The molecule has 1 aliphatic heterocycles. The summed E-state index contributed by atoms with van der Waals surface area (Å²) in [6.07, 6.45) is 6.55. The Morgan fingerprint density at radius 1 is 1.16 bits per heavy atom. The van der Waals surface area contributed by atoms with Crippen molar-refractivity contribution >= 4 is 21.6 Å². The molecule has 2 aliphatic rings. The number of aromatic amines is 1. The summed E-state index contributed by atoms with van der Waals surface area (Å²) >= 11 is 0. The summed E-state index contributed by atoms with van der Waals surface area (Å²) in [5, 5.41) is 10.1. The molecule has 0 spiro atoms. The molecule has 1 amide bonds. The highest BCUT2D eigenvalue weighted by Gasteiger charge is 2.29. The second kappa shape index (κ2) is 8.18. The van der Waals surface area contributed by atoms with Gasteiger partial charge in [0.15, 0.2) is 5.82 Å². The van der Waals surface area contributed by atoms with Crippen molar-refractivity contribution < 1.29 is 13.2 Å². The van der Waals surface area contributed by atoms with Gasteiger partial charge in [-0.1, -0.05) is 18.6 Å². The van der Waals surface area contributed by atoms with Crippen LogP contribution < -0.4 is 5.32 Å². The highest BCUT2D eigenvalue weighted by molar-refractivity contribution is 7.89. The number of nitrogens with zero attached hydrogens (tertiary/aromatic N) is 4. The molecule has 1 saturated heterocycles. The molecule has 32 heavy (non-hydrogen) atoms. The van der Waals surface area contributed by atoms with Gasteiger partial charge in [0.25, 0.3) is 5.91 Å². The lowest BCUT2D eigenvalue weighted by Crippen LogP contribution is -2.35. The lowest BCUT2D eigenvalue weighted by atomic mass is 10.2. The molecule has 5 rings (SSSR count). The van der Waals surface area contributed by atoms with Crippen molar-refractivity contribution in [3.8, 4) is 11.4 Å². The molecule has 2 N–H and O–H groups in total. The van der Waals surface area contributed by atoms with Gasteiger partial charge in [-0.2, -0.15) is 9.40 Å². The lowest BCUT2D eigenvalue weighted by molar-refractivity contribution is 0.101. The highest BCUT2D eigenvalue weighted by Crippen LogP contribution is 2.38. The van der Waals surface area contributed by atoms with Crippen LogP contribution in [-0.2, 0) is 17.1 Å². The van der Waals surface area contributed by atoms with Crippen LogP contribution >= 0.6 is 0 Å². The van der Waals surface area contributed by atoms with E-state index in [-0.39, 0.29) is 16.5 Å². The fourth-order valence-electron chi connectivity index (χ4n) is 4.03. The zero-order chi connectivity index (χ0) is 22.3. The first-order valence-corrected chi connectivity index (χ1v) is 12.4. The fraction of sp³-hybridized carbons (Fsp3) is 0.409. The first kappa shape index (κ1) is 20.9. The average Bonchev–Trinajstić information content (AvgIpc) is 3.38. The van der Waals surface area contributed by atoms with Crippen molar-refractivity contribution in [1.82, 2.24) is 24.1 Å². The summed E-state index contributed by atoms with van der Waals surface area (Å²) in [6, 6.07) is 8.76. The number of nitrogens with one attached hydrogen (secondary N) is 2. The molecular weight excluding hydrogens is 428 g/mol. The van der Waals surface area contributed by atoms with E-state index in [0.717, 1.165) is 43.5 Å². The molecule has 3 heterocycles. The standard InChI is InChI=1S/C22H26N6O3S/c1-27-14-18(32(30,31)28-10-3-2-4-11-28)13-19(27)22(29)23-17-7-5-6-16(12-17)21-24-20(25-26-21)15-8-9-15/h5-7,12-15H,2-4,8-11H2,1H3,(H,23,29)(H,24,25,26). The molecular formula is C22H26N6O3S. The van der Waals surface area contributed by atoms with Crippen molar-refractivity contribution in [2.45, 2.75) is 42.9 Å². The van der Waals surface area contributed by atoms with Gasteiger partial charge in [-0.25, -0.2) is 13.4 Å². The third-order valence-electron chi connectivity index (χ3n) is 6.01. The molecule has 9 nitrogen and oxygen atoms in total. The van der Waals surface area contributed by atoms with E-state index in [1.165, 1.54) is 16.6 Å². The predicted molar refractivity (Wildman–Crippen MR) is 120 cm³/mol. The normalized spacial score (nSPS) is 17.4. The fourth-order valence-corrected chi connectivity index (χ4v) is 5.62. The minimum atomic E-state index is -3.60. The summed E-state index contributed by atoms with van der Waals surface area (Å²) < 4.78 is 29.0. The molecule has 10 heteroatoms. The van der Waals surface area contributed by atoms with Crippen LogP contribution in [0.3, 0.4) is 0 Å². The molecule has 3 aromatic rings. The Hall–Kier alpha value is -2.98. The van der Waals surface area contributed by atoms with E-state index in [2.05, 4.69) is 20.5 Å². The third-order valence-corrected chi connectivity index (χ3v) is 7.87. The number of H-pyrrole nitrogens is 1. The maximum atomic E-state index is 13.0. The van der Waals surface area contributed by atoms with Crippen molar-refractivity contribution in [3.05, 3.63) is 48.0 Å². The smallest absolute Gasteiger partial charge is 0.272 e. The van der Waals surface area contributed by atoms with Crippen molar-refractivity contribution in [2.75, 3.05) is 18.4 Å². The Morgan fingerprint density at radius 3 is 2.69 bits per heavy atom. The molecule has 2 fully saturated rings. The Bertz CT molecular complexity index is 1250. The molecule has 1 aromatic carbocycles. The topological polar surface area (TPSA) is 113 Å².